The van der Waals surface area contributed by atoms with E-state index >= 15 is 0 Å². The van der Waals surface area contributed by atoms with Gasteiger partial charge in [-0.3, -0.25) is 0 Å². The van der Waals surface area contributed by atoms with E-state index in [1.165, 1.54) is 12.1 Å². The Labute approximate surface area is 227 Å². The lowest BCUT2D eigenvalue weighted by Gasteiger charge is -2.22. The number of anilines is 2. The quantitative estimate of drug-likeness (QED) is 0.174. The van der Waals surface area contributed by atoms with Gasteiger partial charge in [0.2, 0.25) is 5.28 Å². The fourth-order valence-corrected chi connectivity index (χ4v) is 4.81. The number of aryl methyl sites for hydroxylation is 1. The van der Waals surface area contributed by atoms with Crippen molar-refractivity contribution in [3.63, 3.8) is 0 Å². The summed E-state index contributed by atoms with van der Waals surface area (Å²) >= 11 is 6.33. The molecule has 1 atom stereocenters. The molecule has 2 N–H and O–H groups in total. The maximum Gasteiger partial charge on any atom is 0.224 e. The highest BCUT2D eigenvalue weighted by Crippen LogP contribution is 2.41. The highest BCUT2D eigenvalue weighted by Gasteiger charge is 2.30. The van der Waals surface area contributed by atoms with Gasteiger partial charge in [0.25, 0.3) is 0 Å². The van der Waals surface area contributed by atoms with Crippen LogP contribution in [-0.2, 0) is 6.42 Å². The summed E-state index contributed by atoms with van der Waals surface area (Å²) in [4.78, 5) is 15.4. The first-order valence-corrected chi connectivity index (χ1v) is 13.2. The van der Waals surface area contributed by atoms with Gasteiger partial charge >= 0.3 is 0 Å². The van der Waals surface area contributed by atoms with Crippen LogP contribution in [-0.4, -0.2) is 44.9 Å². The second-order valence-electron chi connectivity index (χ2n) is 8.91. The largest absolute Gasteiger partial charge is 0.491 e. The smallest absolute Gasteiger partial charge is 0.224 e. The molecule has 2 aromatic heterocycles. The summed E-state index contributed by atoms with van der Waals surface area (Å²) in [5, 5.41) is 4.59. The number of ether oxygens (including phenoxy) is 1. The number of nitrogen functional groups attached to an aromatic ring is 1. The van der Waals surface area contributed by atoms with Gasteiger partial charge in [0.15, 0.2) is 0 Å². The topological polar surface area (TPSA) is 95.0 Å². The second kappa shape index (κ2) is 12.2. The van der Waals surface area contributed by atoms with Crippen LogP contribution in [0.2, 0.25) is 5.28 Å². The van der Waals surface area contributed by atoms with E-state index in [-0.39, 0.29) is 17.0 Å². The summed E-state index contributed by atoms with van der Waals surface area (Å²) in [7, 11) is 1.99. The molecule has 8 nitrogen and oxygen atoms in total. The molecule has 0 aliphatic heterocycles. The van der Waals surface area contributed by atoms with Gasteiger partial charge in [-0.25, -0.2) is 24.0 Å². The summed E-state index contributed by atoms with van der Waals surface area (Å²) in [5.74, 6) is 1.99. The van der Waals surface area contributed by atoms with Crippen LogP contribution in [0, 0.1) is 12.7 Å². The van der Waals surface area contributed by atoms with Crippen molar-refractivity contribution < 1.29 is 9.13 Å². The minimum absolute atomic E-state index is 0.0824. The van der Waals surface area contributed by atoms with Crippen LogP contribution >= 0.6 is 11.6 Å². The lowest BCUT2D eigenvalue weighted by Crippen LogP contribution is -2.23. The molecule has 10 heteroatoms. The Balaban J connectivity index is 0.00000164. The monoisotopic (exact) mass is 537 g/mol. The van der Waals surface area contributed by atoms with Gasteiger partial charge in [0.1, 0.15) is 35.2 Å². The summed E-state index contributed by atoms with van der Waals surface area (Å²) in [6.07, 6.45) is 4.13. The average molecular weight is 538 g/mol. The van der Waals surface area contributed by atoms with Crippen molar-refractivity contribution in [1.82, 2.24) is 24.7 Å². The molecule has 0 spiro atoms. The van der Waals surface area contributed by atoms with E-state index < -0.39 is 0 Å². The molecule has 0 fully saturated rings. The number of aromatic nitrogens is 5. The number of benzene rings is 2. The van der Waals surface area contributed by atoms with Gasteiger partial charge in [0, 0.05) is 36.8 Å². The highest BCUT2D eigenvalue weighted by atomic mass is 35.5. The molecule has 38 heavy (non-hydrogen) atoms. The van der Waals surface area contributed by atoms with Crippen LogP contribution in [0.4, 0.5) is 15.9 Å². The number of hydrogen-bond acceptors (Lipinski definition) is 7. The predicted molar refractivity (Wildman–Crippen MR) is 149 cm³/mol. The van der Waals surface area contributed by atoms with Gasteiger partial charge in [-0.2, -0.15) is 5.10 Å². The maximum atomic E-state index is 13.4. The number of nitrogens with zero attached hydrogens (tertiary/aromatic N) is 6. The first-order chi connectivity index (χ1) is 18.4. The third-order valence-electron chi connectivity index (χ3n) is 6.37. The number of fused-ring (bicyclic) bond motifs is 1. The number of rotatable bonds is 8. The third-order valence-corrected chi connectivity index (χ3v) is 6.54. The van der Waals surface area contributed by atoms with E-state index in [2.05, 4.69) is 25.0 Å². The minimum Gasteiger partial charge on any atom is -0.491 e. The molecule has 200 valence electrons. The molecule has 2 aromatic carbocycles. The Kier molecular flexibility index (Phi) is 8.78. The number of hydrogen-bond donors (Lipinski definition) is 1. The van der Waals surface area contributed by atoms with Crippen LogP contribution in [0.1, 0.15) is 55.3 Å². The van der Waals surface area contributed by atoms with Crippen molar-refractivity contribution >= 4 is 23.1 Å². The zero-order chi connectivity index (χ0) is 27.2. The molecule has 1 unspecified atom stereocenters. The summed E-state index contributed by atoms with van der Waals surface area (Å²) in [5.41, 5.74) is 10.4. The van der Waals surface area contributed by atoms with Crippen molar-refractivity contribution in [2.75, 3.05) is 30.8 Å². The Morgan fingerprint density at radius 1 is 1.16 bits per heavy atom. The minimum atomic E-state index is -0.248. The summed E-state index contributed by atoms with van der Waals surface area (Å²) < 4.78 is 21.2. The molecule has 0 bridgehead atoms. The van der Waals surface area contributed by atoms with Gasteiger partial charge in [-0.1, -0.05) is 26.0 Å². The molecule has 0 amide bonds. The first-order valence-electron chi connectivity index (χ1n) is 12.8. The van der Waals surface area contributed by atoms with Crippen molar-refractivity contribution in [3.8, 4) is 11.4 Å². The van der Waals surface area contributed by atoms with E-state index in [9.17, 15) is 4.39 Å². The lowest BCUT2D eigenvalue weighted by atomic mass is 9.97. The van der Waals surface area contributed by atoms with Crippen LogP contribution in [0.15, 0.2) is 48.8 Å². The summed E-state index contributed by atoms with van der Waals surface area (Å²) in [6.45, 7) is 7.02. The van der Waals surface area contributed by atoms with E-state index in [0.717, 1.165) is 47.6 Å². The fraction of sp³-hybridized carbons (Fsp3) is 0.357. The Bertz CT molecular complexity index is 1380. The van der Waals surface area contributed by atoms with Crippen molar-refractivity contribution in [2.24, 2.45) is 0 Å². The molecular weight excluding hydrogens is 505 g/mol. The van der Waals surface area contributed by atoms with Gasteiger partial charge < -0.3 is 15.4 Å². The normalized spacial score (nSPS) is 14.0. The third kappa shape index (κ3) is 6.05. The van der Waals surface area contributed by atoms with Crippen LogP contribution in [0.25, 0.3) is 5.69 Å². The van der Waals surface area contributed by atoms with Crippen molar-refractivity contribution in [2.45, 2.75) is 46.0 Å². The van der Waals surface area contributed by atoms with E-state index in [0.29, 0.717) is 30.4 Å². The first kappa shape index (κ1) is 27.3. The molecule has 1 aliphatic rings. The highest BCUT2D eigenvalue weighted by molar-refractivity contribution is 6.28. The molecule has 1 aliphatic carbocycles. The average Bonchev–Trinajstić information content (AvgIpc) is 3.54. The van der Waals surface area contributed by atoms with Gasteiger partial charge in [0.05, 0.1) is 12.3 Å². The van der Waals surface area contributed by atoms with Gasteiger partial charge in [-0.05, 0) is 67.6 Å². The predicted octanol–water partition coefficient (Wildman–Crippen LogP) is 5.75. The molecular formula is C28H33ClFN7O. The van der Waals surface area contributed by atoms with E-state index in [1.807, 2.05) is 52.1 Å². The zero-order valence-corrected chi connectivity index (χ0v) is 22.9. The molecule has 5 rings (SSSR count). The molecule has 0 radical (unpaired) electrons. The maximum absolute atomic E-state index is 13.4. The van der Waals surface area contributed by atoms with E-state index in [1.54, 1.807) is 17.1 Å². The van der Waals surface area contributed by atoms with Crippen molar-refractivity contribution in [3.05, 3.63) is 82.5 Å². The fourth-order valence-electron chi connectivity index (χ4n) is 4.64. The second-order valence-corrected chi connectivity index (χ2v) is 9.25. The van der Waals surface area contributed by atoms with E-state index in [4.69, 9.17) is 22.1 Å². The van der Waals surface area contributed by atoms with Crippen LogP contribution in [0.3, 0.4) is 0 Å². The summed E-state index contributed by atoms with van der Waals surface area (Å²) in [6, 6.07) is 12.1. The van der Waals surface area contributed by atoms with Crippen molar-refractivity contribution in [1.29, 1.82) is 0 Å². The zero-order valence-electron chi connectivity index (χ0n) is 22.2. The molecule has 0 saturated heterocycles. The molecule has 0 saturated carbocycles. The number of nitrogens with two attached hydrogens (primary N) is 1. The van der Waals surface area contributed by atoms with Gasteiger partial charge in [-0.15, -0.1) is 0 Å². The Morgan fingerprint density at radius 3 is 2.63 bits per heavy atom. The van der Waals surface area contributed by atoms with Crippen LogP contribution in [0.5, 0.6) is 5.75 Å². The Hall–Kier alpha value is -3.72. The number of halogens is 2. The molecule has 2 heterocycles. The Morgan fingerprint density at radius 2 is 1.92 bits per heavy atom. The lowest BCUT2D eigenvalue weighted by molar-refractivity contribution is 0.311. The van der Waals surface area contributed by atoms with Crippen LogP contribution < -0.4 is 15.4 Å². The SMILES string of the molecule is CC.Cc1ncn(-c2ccc(N)cc2OCCCN(C)c2nc(Cl)nc3c2CCC3c2ccc(F)cc2)n1. The molecule has 4 aromatic rings. The standard InChI is InChI=1S/C26H27ClFN7O.C2H6/c1-16-30-15-35(33-16)22-11-8-19(29)14-23(22)36-13-3-12-34(2)25-21-10-9-20(24(21)31-26(27)32-25)17-4-6-18(28)7-5-17;1-2/h4-8,11,14-15,20H,3,9-10,12-13,29H2,1-2H3;1-2H3.